The highest BCUT2D eigenvalue weighted by Gasteiger charge is 2.37. The molecule has 1 aromatic heterocycles. The van der Waals surface area contributed by atoms with Crippen LogP contribution in [-0.4, -0.2) is 35.3 Å². The Labute approximate surface area is 115 Å². The molecule has 1 fully saturated rings. The smallest absolute Gasteiger partial charge is 0.133 e. The van der Waals surface area contributed by atoms with Crippen LogP contribution in [0.2, 0.25) is 0 Å². The van der Waals surface area contributed by atoms with Crippen LogP contribution in [0.4, 0.5) is 11.6 Å². The number of ether oxygens (including phenoxy) is 1. The number of aromatic nitrogens is 2. The van der Waals surface area contributed by atoms with Gasteiger partial charge in [-0.2, -0.15) is 0 Å². The largest absolute Gasteiger partial charge is 0.376 e. The van der Waals surface area contributed by atoms with E-state index in [1.807, 2.05) is 13.1 Å². The second kappa shape index (κ2) is 5.74. The minimum absolute atomic E-state index is 0.0527. The van der Waals surface area contributed by atoms with E-state index >= 15 is 0 Å². The quantitative estimate of drug-likeness (QED) is 0.855. The zero-order valence-corrected chi connectivity index (χ0v) is 12.3. The van der Waals surface area contributed by atoms with E-state index in [1.54, 1.807) is 0 Å². The lowest BCUT2D eigenvalue weighted by molar-refractivity contribution is 0.105. The Balaban J connectivity index is 2.21. The van der Waals surface area contributed by atoms with Crippen LogP contribution in [-0.2, 0) is 11.2 Å². The lowest BCUT2D eigenvalue weighted by Gasteiger charge is -2.29. The number of rotatable bonds is 5. The molecule has 0 aliphatic carbocycles. The van der Waals surface area contributed by atoms with Gasteiger partial charge in [0.1, 0.15) is 17.5 Å². The van der Waals surface area contributed by atoms with E-state index in [9.17, 15) is 0 Å². The van der Waals surface area contributed by atoms with Gasteiger partial charge in [0.15, 0.2) is 0 Å². The van der Waals surface area contributed by atoms with Crippen molar-refractivity contribution in [1.29, 1.82) is 0 Å². The Morgan fingerprint density at radius 1 is 1.42 bits per heavy atom. The van der Waals surface area contributed by atoms with Gasteiger partial charge in [-0.3, -0.25) is 0 Å². The summed E-state index contributed by atoms with van der Waals surface area (Å²) in [5.74, 6) is 2.62. The molecule has 0 spiro atoms. The van der Waals surface area contributed by atoms with Crippen molar-refractivity contribution < 1.29 is 4.74 Å². The van der Waals surface area contributed by atoms with Gasteiger partial charge in [0, 0.05) is 26.1 Å². The van der Waals surface area contributed by atoms with Crippen LogP contribution in [0.5, 0.6) is 0 Å². The molecule has 0 bridgehead atoms. The molecule has 0 saturated carbocycles. The first-order valence-corrected chi connectivity index (χ1v) is 7.03. The number of nitrogens with zero attached hydrogens (tertiary/aromatic N) is 2. The number of hydrogen-bond acceptors (Lipinski definition) is 5. The SMILES string of the molecule is CCCc1nc(NC)cc(NC2(C)CCOC2C)n1. The third-order valence-electron chi connectivity index (χ3n) is 3.80. The molecule has 19 heavy (non-hydrogen) atoms. The van der Waals surface area contributed by atoms with Gasteiger partial charge in [-0.15, -0.1) is 0 Å². The maximum atomic E-state index is 5.65. The fourth-order valence-corrected chi connectivity index (χ4v) is 2.32. The molecule has 2 N–H and O–H groups in total. The summed E-state index contributed by atoms with van der Waals surface area (Å²) < 4.78 is 5.65. The Kier molecular flexibility index (Phi) is 4.24. The number of nitrogens with one attached hydrogen (secondary N) is 2. The highest BCUT2D eigenvalue weighted by Crippen LogP contribution is 2.29. The summed E-state index contributed by atoms with van der Waals surface area (Å²) in [5, 5.41) is 6.62. The molecule has 2 atom stereocenters. The van der Waals surface area contributed by atoms with Crippen molar-refractivity contribution in [3.63, 3.8) is 0 Å². The minimum Gasteiger partial charge on any atom is -0.376 e. The number of aryl methyl sites for hydroxylation is 1. The summed E-state index contributed by atoms with van der Waals surface area (Å²) in [6.07, 6.45) is 3.13. The van der Waals surface area contributed by atoms with Crippen molar-refractivity contribution in [3.05, 3.63) is 11.9 Å². The molecule has 0 aromatic carbocycles. The van der Waals surface area contributed by atoms with Gasteiger partial charge in [-0.25, -0.2) is 9.97 Å². The van der Waals surface area contributed by atoms with E-state index in [4.69, 9.17) is 4.74 Å². The molecule has 0 amide bonds. The molecule has 1 aliphatic rings. The van der Waals surface area contributed by atoms with Gasteiger partial charge in [-0.05, 0) is 26.7 Å². The maximum absolute atomic E-state index is 5.65. The molecule has 106 valence electrons. The van der Waals surface area contributed by atoms with E-state index in [2.05, 4.69) is 41.4 Å². The number of anilines is 2. The van der Waals surface area contributed by atoms with E-state index < -0.39 is 0 Å². The van der Waals surface area contributed by atoms with Gasteiger partial charge < -0.3 is 15.4 Å². The van der Waals surface area contributed by atoms with Crippen LogP contribution in [0.25, 0.3) is 0 Å². The predicted molar refractivity (Wildman–Crippen MR) is 77.6 cm³/mol. The molecule has 1 aliphatic heterocycles. The Morgan fingerprint density at radius 2 is 2.16 bits per heavy atom. The van der Waals surface area contributed by atoms with E-state index in [-0.39, 0.29) is 11.6 Å². The second-order valence-corrected chi connectivity index (χ2v) is 5.36. The van der Waals surface area contributed by atoms with E-state index in [0.717, 1.165) is 43.3 Å². The molecule has 2 heterocycles. The average molecular weight is 264 g/mol. The fourth-order valence-electron chi connectivity index (χ4n) is 2.32. The van der Waals surface area contributed by atoms with Crippen LogP contribution >= 0.6 is 0 Å². The summed E-state index contributed by atoms with van der Waals surface area (Å²) >= 11 is 0. The van der Waals surface area contributed by atoms with Crippen molar-refractivity contribution >= 4 is 11.6 Å². The highest BCUT2D eigenvalue weighted by molar-refractivity contribution is 5.49. The summed E-state index contributed by atoms with van der Waals surface area (Å²) in [7, 11) is 1.88. The summed E-state index contributed by atoms with van der Waals surface area (Å²) in [5.41, 5.74) is -0.0527. The first-order valence-electron chi connectivity index (χ1n) is 7.03. The third kappa shape index (κ3) is 3.15. The molecule has 1 saturated heterocycles. The zero-order valence-electron chi connectivity index (χ0n) is 12.3. The van der Waals surface area contributed by atoms with Gasteiger partial charge in [-0.1, -0.05) is 6.92 Å². The first kappa shape index (κ1) is 14.1. The molecule has 2 rings (SSSR count). The highest BCUT2D eigenvalue weighted by atomic mass is 16.5. The van der Waals surface area contributed by atoms with Crippen LogP contribution < -0.4 is 10.6 Å². The topological polar surface area (TPSA) is 59.1 Å². The standard InChI is InChI=1S/C14H24N4O/c1-5-6-11-16-12(15-4)9-13(17-11)18-14(3)7-8-19-10(14)2/h9-10H,5-8H2,1-4H3,(H2,15,16,17,18). The van der Waals surface area contributed by atoms with E-state index in [0.29, 0.717) is 0 Å². The third-order valence-corrected chi connectivity index (χ3v) is 3.80. The molecule has 1 aromatic rings. The second-order valence-electron chi connectivity index (χ2n) is 5.36. The fraction of sp³-hybridized carbons (Fsp3) is 0.714. The number of hydrogen-bond donors (Lipinski definition) is 2. The van der Waals surface area contributed by atoms with Crippen molar-refractivity contribution in [2.75, 3.05) is 24.3 Å². The van der Waals surface area contributed by atoms with Gasteiger partial charge >= 0.3 is 0 Å². The monoisotopic (exact) mass is 264 g/mol. The van der Waals surface area contributed by atoms with Crippen LogP contribution in [0.3, 0.4) is 0 Å². The Morgan fingerprint density at radius 3 is 2.74 bits per heavy atom. The summed E-state index contributed by atoms with van der Waals surface area (Å²) in [6, 6.07) is 1.95. The Hall–Kier alpha value is -1.36. The zero-order chi connectivity index (χ0) is 13.9. The predicted octanol–water partition coefficient (Wildman–Crippen LogP) is 2.45. The molecular weight excluding hydrogens is 240 g/mol. The molecular formula is C14H24N4O. The van der Waals surface area contributed by atoms with Crippen LogP contribution in [0, 0.1) is 0 Å². The van der Waals surface area contributed by atoms with Crippen molar-refractivity contribution in [2.45, 2.75) is 51.7 Å². The van der Waals surface area contributed by atoms with E-state index in [1.165, 1.54) is 0 Å². The van der Waals surface area contributed by atoms with Crippen LogP contribution in [0.1, 0.15) is 39.4 Å². The normalized spacial score (nSPS) is 26.4. The van der Waals surface area contributed by atoms with Gasteiger partial charge in [0.25, 0.3) is 0 Å². The summed E-state index contributed by atoms with van der Waals surface area (Å²) in [4.78, 5) is 9.06. The molecule has 5 nitrogen and oxygen atoms in total. The lowest BCUT2D eigenvalue weighted by Crippen LogP contribution is -2.41. The molecule has 0 radical (unpaired) electrons. The lowest BCUT2D eigenvalue weighted by atomic mass is 9.95. The van der Waals surface area contributed by atoms with Crippen molar-refractivity contribution in [3.8, 4) is 0 Å². The van der Waals surface area contributed by atoms with Crippen molar-refractivity contribution in [1.82, 2.24) is 9.97 Å². The Bertz CT molecular complexity index is 437. The maximum Gasteiger partial charge on any atom is 0.133 e. The molecule has 5 heteroatoms. The van der Waals surface area contributed by atoms with Gasteiger partial charge in [0.05, 0.1) is 11.6 Å². The minimum atomic E-state index is -0.0527. The molecule has 2 unspecified atom stereocenters. The summed E-state index contributed by atoms with van der Waals surface area (Å²) in [6.45, 7) is 7.23. The average Bonchev–Trinajstić information content (AvgIpc) is 2.69. The van der Waals surface area contributed by atoms with Gasteiger partial charge in [0.2, 0.25) is 0 Å². The first-order chi connectivity index (χ1) is 9.07. The van der Waals surface area contributed by atoms with Crippen LogP contribution in [0.15, 0.2) is 6.07 Å². The van der Waals surface area contributed by atoms with Crippen molar-refractivity contribution in [2.24, 2.45) is 0 Å².